The molecule has 13 heteroatoms. The maximum atomic E-state index is 6.12. The SMILES string of the molecule is [B]c1nc2nc(C)c([B])c(N(CC([B])([B])[B])CC([B])([B])[B])n2n1. The summed E-state index contributed by atoms with van der Waals surface area (Å²) in [7, 11) is 45.9. The van der Waals surface area contributed by atoms with Crippen LogP contribution in [0, 0.1) is 6.92 Å². The van der Waals surface area contributed by atoms with Crippen LogP contribution < -0.4 is 16.1 Å². The van der Waals surface area contributed by atoms with Gasteiger partial charge in [0.2, 0.25) is 0 Å². The highest BCUT2D eigenvalue weighted by molar-refractivity contribution is 6.60. The zero-order valence-corrected chi connectivity index (χ0v) is 12.8. The lowest BCUT2D eigenvalue weighted by molar-refractivity contribution is 0.749. The molecule has 0 bridgehead atoms. The molecular formula is C10H7B8N5. The Labute approximate surface area is 146 Å². The van der Waals surface area contributed by atoms with E-state index in [0.717, 1.165) is 0 Å². The Morgan fingerprint density at radius 1 is 0.957 bits per heavy atom. The number of fused-ring (bicyclic) bond motifs is 1. The number of nitrogens with zero attached hydrogens (tertiary/aromatic N) is 5. The van der Waals surface area contributed by atoms with Crippen LogP contribution >= 0.6 is 0 Å². The maximum absolute atomic E-state index is 6.12. The van der Waals surface area contributed by atoms with Crippen molar-refractivity contribution in [3.63, 3.8) is 0 Å². The van der Waals surface area contributed by atoms with E-state index in [0.29, 0.717) is 11.5 Å². The fourth-order valence-electron chi connectivity index (χ4n) is 2.19. The molecule has 16 radical (unpaired) electrons. The van der Waals surface area contributed by atoms with Gasteiger partial charge >= 0.3 is 0 Å². The summed E-state index contributed by atoms with van der Waals surface area (Å²) >= 11 is 0. The van der Waals surface area contributed by atoms with E-state index in [-0.39, 0.29) is 30.1 Å². The van der Waals surface area contributed by atoms with Gasteiger partial charge in [-0.25, -0.2) is 9.97 Å². The minimum Gasteiger partial charge on any atom is -0.360 e. The first-order chi connectivity index (χ1) is 10.4. The first-order valence-electron chi connectivity index (χ1n) is 6.64. The molecule has 2 aromatic rings. The minimum absolute atomic E-state index is 0.0164. The summed E-state index contributed by atoms with van der Waals surface area (Å²) in [4.78, 5) is 9.72. The van der Waals surface area contributed by atoms with Gasteiger partial charge in [-0.3, -0.25) is 0 Å². The van der Waals surface area contributed by atoms with Crippen LogP contribution in [0.4, 0.5) is 5.82 Å². The molecule has 2 rings (SSSR count). The van der Waals surface area contributed by atoms with E-state index in [1.807, 2.05) is 0 Å². The molecule has 5 nitrogen and oxygen atoms in total. The van der Waals surface area contributed by atoms with E-state index in [2.05, 4.69) is 15.1 Å². The van der Waals surface area contributed by atoms with Gasteiger partial charge in [-0.15, -0.1) is 10.2 Å². The van der Waals surface area contributed by atoms with Crippen molar-refractivity contribution in [3.8, 4) is 0 Å². The van der Waals surface area contributed by atoms with Crippen molar-refractivity contribution in [2.45, 2.75) is 17.1 Å². The molecule has 23 heavy (non-hydrogen) atoms. The second-order valence-corrected chi connectivity index (χ2v) is 5.70. The topological polar surface area (TPSA) is 46.3 Å². The monoisotopic (exact) mass is 285 g/mol. The fraction of sp³-hybridized carbons (Fsp3) is 0.500. The summed E-state index contributed by atoms with van der Waals surface area (Å²) in [5.74, 6) is 0.579. The first-order valence-corrected chi connectivity index (χ1v) is 6.64. The number of anilines is 1. The second-order valence-electron chi connectivity index (χ2n) is 5.70. The molecule has 0 amide bonds. The van der Waals surface area contributed by atoms with Gasteiger partial charge in [0.05, 0.1) is 52.8 Å². The smallest absolute Gasteiger partial charge is 0.253 e. The van der Waals surface area contributed by atoms with E-state index in [1.165, 1.54) is 9.42 Å². The number of hydrogen-bond donors (Lipinski definition) is 0. The number of aryl methyl sites for hydroxylation is 1. The van der Waals surface area contributed by atoms with E-state index in [9.17, 15) is 0 Å². The normalized spacial score (nSPS) is 12.6. The first kappa shape index (κ1) is 18.2. The predicted molar refractivity (Wildman–Crippen MR) is 98.4 cm³/mol. The number of rotatable bonds is 5. The largest absolute Gasteiger partial charge is 0.360 e. The third-order valence-electron chi connectivity index (χ3n) is 2.93. The van der Waals surface area contributed by atoms with Crippen LogP contribution in [0.3, 0.4) is 0 Å². The molecule has 0 spiro atoms. The summed E-state index contributed by atoms with van der Waals surface area (Å²) in [5.41, 5.74) is 0.803. The van der Waals surface area contributed by atoms with Gasteiger partial charge < -0.3 is 4.90 Å². The Balaban J connectivity index is 2.65. The maximum Gasteiger partial charge on any atom is 0.253 e. The van der Waals surface area contributed by atoms with Gasteiger partial charge in [-0.2, -0.15) is 9.61 Å². The molecule has 0 atom stereocenters. The Hall–Kier alpha value is -1.13. The molecule has 0 N–H and O–H groups in total. The van der Waals surface area contributed by atoms with Crippen molar-refractivity contribution < 1.29 is 0 Å². The Kier molecular flexibility index (Phi) is 4.80. The van der Waals surface area contributed by atoms with Gasteiger partial charge in [0.15, 0.2) is 7.85 Å². The molecule has 0 aliphatic carbocycles. The number of aromatic nitrogens is 4. The van der Waals surface area contributed by atoms with Crippen LogP contribution in [0.25, 0.3) is 5.78 Å². The van der Waals surface area contributed by atoms with Gasteiger partial charge in [-0.1, -0.05) is 0 Å². The minimum atomic E-state index is -1.56. The third kappa shape index (κ3) is 4.45. The second kappa shape index (κ2) is 6.06. The zero-order chi connectivity index (χ0) is 17.6. The molecule has 0 aliphatic heterocycles. The molecule has 0 fully saturated rings. The van der Waals surface area contributed by atoms with E-state index in [1.54, 1.807) is 6.92 Å². The highest BCUT2D eigenvalue weighted by atomic mass is 15.4. The van der Waals surface area contributed by atoms with Crippen molar-refractivity contribution in [1.82, 2.24) is 19.6 Å². The Morgan fingerprint density at radius 3 is 1.96 bits per heavy atom. The van der Waals surface area contributed by atoms with Crippen LogP contribution in [-0.4, -0.2) is 95.4 Å². The van der Waals surface area contributed by atoms with Gasteiger partial charge in [0, 0.05) is 18.8 Å². The van der Waals surface area contributed by atoms with E-state index >= 15 is 0 Å². The third-order valence-corrected chi connectivity index (χ3v) is 2.93. The van der Waals surface area contributed by atoms with Crippen molar-refractivity contribution in [2.24, 2.45) is 0 Å². The van der Waals surface area contributed by atoms with Gasteiger partial charge in [-0.05, 0) is 12.4 Å². The molecule has 0 aromatic carbocycles. The van der Waals surface area contributed by atoms with E-state index < -0.39 is 10.2 Å². The molecule has 0 unspecified atom stereocenters. The lowest BCUT2D eigenvalue weighted by Crippen LogP contribution is -2.44. The van der Waals surface area contributed by atoms with E-state index in [4.69, 9.17) is 62.8 Å². The van der Waals surface area contributed by atoms with Crippen molar-refractivity contribution in [3.05, 3.63) is 5.69 Å². The number of hydrogen-bond acceptors (Lipinski definition) is 4. The van der Waals surface area contributed by atoms with Crippen LogP contribution in [0.5, 0.6) is 0 Å². The average molecular weight is 284 g/mol. The predicted octanol–water partition coefficient (Wildman–Crippen LogP) is -4.01. The average Bonchev–Trinajstić information content (AvgIpc) is 2.65. The molecule has 0 saturated heterocycles. The summed E-state index contributed by atoms with van der Waals surface area (Å²) in [5, 5.41) is 0.926. The summed E-state index contributed by atoms with van der Waals surface area (Å²) < 4.78 is 1.33. The molecule has 0 saturated carbocycles. The Morgan fingerprint density at radius 2 is 1.48 bits per heavy atom. The Bertz CT molecular complexity index is 703. The van der Waals surface area contributed by atoms with Gasteiger partial charge in [0.1, 0.15) is 13.7 Å². The highest BCUT2D eigenvalue weighted by Gasteiger charge is 2.25. The lowest BCUT2D eigenvalue weighted by atomic mass is 9.41. The molecule has 0 aliphatic rings. The quantitative estimate of drug-likeness (QED) is 0.525. The molecule has 2 heterocycles. The molecular weight excluding hydrogens is 277 g/mol. The summed E-state index contributed by atoms with van der Waals surface area (Å²) in [6.07, 6.45) is 0. The van der Waals surface area contributed by atoms with Crippen LogP contribution in [0.2, 0.25) is 10.2 Å². The summed E-state index contributed by atoms with van der Waals surface area (Å²) in [6.45, 7) is 1.56. The van der Waals surface area contributed by atoms with Crippen molar-refractivity contribution in [1.29, 1.82) is 0 Å². The molecule has 2 aromatic heterocycles. The molecule has 96 valence electrons. The van der Waals surface area contributed by atoms with Crippen molar-refractivity contribution >= 4 is 85.6 Å². The van der Waals surface area contributed by atoms with Crippen LogP contribution in [0.15, 0.2) is 0 Å². The van der Waals surface area contributed by atoms with Crippen molar-refractivity contribution in [2.75, 3.05) is 18.0 Å². The lowest BCUT2D eigenvalue weighted by Gasteiger charge is -2.38. The standard InChI is InChI=1S/C10H7B8N5/c1-4-5(11)6(23-8(19-4)20-7(12)21-23)22(2-9(13,14)15)3-10(16,17)18/h2-3H2,1H3. The fourth-order valence-corrected chi connectivity index (χ4v) is 2.19. The highest BCUT2D eigenvalue weighted by Crippen LogP contribution is 2.23. The van der Waals surface area contributed by atoms with Crippen LogP contribution in [0.1, 0.15) is 5.69 Å². The zero-order valence-electron chi connectivity index (χ0n) is 12.8. The van der Waals surface area contributed by atoms with Crippen LogP contribution in [-0.2, 0) is 0 Å². The van der Waals surface area contributed by atoms with Gasteiger partial charge in [0.25, 0.3) is 5.78 Å². The summed E-state index contributed by atoms with van der Waals surface area (Å²) in [6, 6.07) is 0.